The Morgan fingerprint density at radius 3 is 1.37 bits per heavy atom. The van der Waals surface area contributed by atoms with Crippen LogP contribution in [0.5, 0.6) is 0 Å². The van der Waals surface area contributed by atoms with Crippen LogP contribution in [0.4, 0.5) is 29.7 Å². The van der Waals surface area contributed by atoms with Gasteiger partial charge in [-0.15, -0.1) is 0 Å². The van der Waals surface area contributed by atoms with E-state index in [1.165, 1.54) is 0 Å². The van der Waals surface area contributed by atoms with Crippen molar-refractivity contribution in [1.82, 2.24) is 26.6 Å². The number of aliphatic hydroxyl groups is 4. The zero-order valence-electron chi connectivity index (χ0n) is 64.5. The molecule has 5 aliphatic rings. The average Bonchev–Trinajstić information content (AvgIpc) is 1.57. The van der Waals surface area contributed by atoms with E-state index < -0.39 is 173 Å². The molecule has 0 aromatic heterocycles. The van der Waals surface area contributed by atoms with Crippen LogP contribution in [0.2, 0.25) is 18.1 Å². The van der Waals surface area contributed by atoms with Crippen LogP contribution in [0.1, 0.15) is 66.9 Å². The molecule has 7 aromatic carbocycles. The van der Waals surface area contributed by atoms with E-state index in [4.69, 9.17) is 70.7 Å². The van der Waals surface area contributed by atoms with Gasteiger partial charge in [-0.3, -0.25) is 0 Å². The summed E-state index contributed by atoms with van der Waals surface area (Å²) in [6.07, 6.45) is -30.7. The molecule has 4 aliphatic heterocycles. The third-order valence-corrected chi connectivity index (χ3v) is 25.4. The zero-order valence-corrected chi connectivity index (χ0v) is 65.5. The Hall–Kier alpha value is -9.65. The van der Waals surface area contributed by atoms with Crippen LogP contribution in [0, 0.1) is 0 Å². The summed E-state index contributed by atoms with van der Waals surface area (Å²) in [5.74, 6) is 0. The van der Waals surface area contributed by atoms with Gasteiger partial charge in [0, 0.05) is 24.3 Å². The average molecular weight is 1610 g/mol. The van der Waals surface area contributed by atoms with E-state index in [0.717, 1.165) is 5.69 Å². The lowest BCUT2D eigenvalue weighted by Gasteiger charge is -2.51. The summed E-state index contributed by atoms with van der Waals surface area (Å²) in [5, 5.41) is 67.4. The second-order valence-corrected chi connectivity index (χ2v) is 34.8. The maximum atomic E-state index is 14.7. The van der Waals surface area contributed by atoms with Crippen molar-refractivity contribution in [3.8, 4) is 0 Å². The van der Waals surface area contributed by atoms with Crippen molar-refractivity contribution in [2.75, 3.05) is 38.2 Å². The Labute approximate surface area is 668 Å². The topological polar surface area (TPSA) is 377 Å². The monoisotopic (exact) mass is 1610 g/mol. The van der Waals surface area contributed by atoms with Gasteiger partial charge in [-0.1, -0.05) is 221 Å². The molecule has 1 unspecified atom stereocenters. The lowest BCUT2D eigenvalue weighted by Crippen LogP contribution is -2.71. The van der Waals surface area contributed by atoms with Crippen LogP contribution in [0.3, 0.4) is 0 Å². The maximum Gasteiger partial charge on any atom is 0.407 e. The van der Waals surface area contributed by atoms with Gasteiger partial charge in [-0.2, -0.15) is 0 Å². The van der Waals surface area contributed by atoms with Gasteiger partial charge in [0.2, 0.25) is 0 Å². The number of nitrogens with one attached hydrogen (secondary N) is 6. The largest absolute Gasteiger partial charge is 0.445 e. The molecule has 1 saturated carbocycles. The van der Waals surface area contributed by atoms with Crippen LogP contribution in [0.25, 0.3) is 0 Å². The highest BCUT2D eigenvalue weighted by Crippen LogP contribution is 2.42. The minimum atomic E-state index is -2.81. The number of benzene rings is 7. The van der Waals surface area contributed by atoms with E-state index in [1.807, 2.05) is 76.3 Å². The molecule has 616 valence electrons. The minimum Gasteiger partial charge on any atom is -0.445 e. The number of alkyl carbamates (subject to hydrolysis) is 5. The molecule has 0 radical (unpaired) electrons. The quantitative estimate of drug-likeness (QED) is 0.0110. The van der Waals surface area contributed by atoms with Crippen molar-refractivity contribution in [1.29, 1.82) is 0 Å². The number of ether oxygens (including phenoxy) is 14. The molecule has 0 spiro atoms. The van der Waals surface area contributed by atoms with Crippen molar-refractivity contribution in [2.45, 2.75) is 201 Å². The van der Waals surface area contributed by atoms with Crippen molar-refractivity contribution < 1.29 is 115 Å². The molecule has 5 fully saturated rings. The molecule has 10 N–H and O–H groups in total. The molecule has 7 aromatic rings. The van der Waals surface area contributed by atoms with E-state index in [-0.39, 0.29) is 65.8 Å². The van der Waals surface area contributed by atoms with E-state index in [2.05, 4.69) is 31.9 Å². The molecule has 12 rings (SSSR count). The molecule has 1 aliphatic carbocycles. The Balaban J connectivity index is 0.936. The van der Waals surface area contributed by atoms with Crippen LogP contribution in [-0.2, 0) is 104 Å². The maximum absolute atomic E-state index is 14.7. The third-order valence-electron chi connectivity index (χ3n) is 20.9. The standard InChI is InChI=1S/C84H102N6O24Si/c1-84(2,3)115(4,5)107-51-63-72(113-76-64(89-82(98)105-48-55-33-19-9-20-34-55)68(93)67(92)61(108-76)44-86-79(95)102-45-52-27-13-6-14-28-52)74(100-42-41-85-58-39-25-12-26-40-58)78(110-63)114-73-66(91)59(87-80(96)103-46-53-29-15-7-16-30-53)43-60(88-81(97)104-47-54-31-17-8-18-32-54)70(73)111-77-65(90-83(99)106-49-56-35-21-10-22-36-56)69(94)71-62(109-77)50-101-75(112-71)57-37-23-11-24-38-57/h6-40,59-78,85,91-94H,41-51H2,1-5H3,(H,86,95)(H,87,96)(H,88,97)(H,89,98)(H,90,99)/t59-,60+,61+,62-,63-,64-,65-,66+,67-,68-,69-,70-,71-,72-,73-,74-,75?,76-,77-,78+/m1/s1. The van der Waals surface area contributed by atoms with E-state index in [9.17, 15) is 44.4 Å². The van der Waals surface area contributed by atoms with Gasteiger partial charge >= 0.3 is 30.5 Å². The fourth-order valence-corrected chi connectivity index (χ4v) is 14.6. The molecule has 4 heterocycles. The fourth-order valence-electron chi connectivity index (χ4n) is 13.6. The summed E-state index contributed by atoms with van der Waals surface area (Å²) in [4.78, 5) is 70.9. The third kappa shape index (κ3) is 23.6. The molecule has 5 amide bonds. The van der Waals surface area contributed by atoms with Gasteiger partial charge in [0.1, 0.15) is 118 Å². The molecular formula is C84H102N6O24Si. The second-order valence-electron chi connectivity index (χ2n) is 30.0. The number of hydrogen-bond acceptors (Lipinski definition) is 25. The summed E-state index contributed by atoms with van der Waals surface area (Å²) in [6, 6.07) is 56.5. The lowest BCUT2D eigenvalue weighted by molar-refractivity contribution is -0.358. The fraction of sp³-hybridized carbons (Fsp3) is 0.440. The van der Waals surface area contributed by atoms with Crippen molar-refractivity contribution in [3.63, 3.8) is 0 Å². The van der Waals surface area contributed by atoms with Crippen LogP contribution in [0.15, 0.2) is 212 Å². The zero-order chi connectivity index (χ0) is 80.9. The first-order chi connectivity index (χ1) is 55.6. The lowest BCUT2D eigenvalue weighted by atomic mass is 9.83. The molecule has 4 saturated heterocycles. The highest BCUT2D eigenvalue weighted by atomic mass is 28.4. The number of anilines is 1. The van der Waals surface area contributed by atoms with Crippen LogP contribution < -0.4 is 31.9 Å². The number of fused-ring (bicyclic) bond motifs is 1. The van der Waals surface area contributed by atoms with Crippen molar-refractivity contribution in [3.05, 3.63) is 246 Å². The van der Waals surface area contributed by atoms with Gasteiger partial charge in [0.25, 0.3) is 0 Å². The molecule has 31 heteroatoms. The number of rotatable bonds is 31. The molecule has 30 nitrogen and oxygen atoms in total. The summed E-state index contributed by atoms with van der Waals surface area (Å²) in [7, 11) is -2.81. The number of para-hydroxylation sites is 1. The summed E-state index contributed by atoms with van der Waals surface area (Å²) >= 11 is 0. The predicted octanol–water partition coefficient (Wildman–Crippen LogP) is 8.90. The minimum absolute atomic E-state index is 0.109. The SMILES string of the molecule is CC(C)(C)[Si](C)(C)OC[C@H]1O[C@@H](O[C@@H]2[C@@H](O)[C@H](NC(=O)OCc3ccccc3)C[C@H](NC(=O)OCc3ccccc3)[C@H]2O[C@H]2O[C@@H]3COC(c4ccccc4)O[C@H]3[C@H](O)[C@H]2NC(=O)OCc2ccccc2)[C@H](OCCNc2ccccc2)[C@@H]1O[C@H]1O[C@@H](CNC(=O)OCc2ccccc2)[C@@H](O)[C@H](O)[C@H]1NC(=O)OCc1ccccc1. The summed E-state index contributed by atoms with van der Waals surface area (Å²) in [6.45, 7) is 8.24. The summed E-state index contributed by atoms with van der Waals surface area (Å²) in [5.41, 5.74) is 4.56. The highest BCUT2D eigenvalue weighted by molar-refractivity contribution is 6.74. The number of aliphatic hydroxyl groups excluding tert-OH is 4. The smallest absolute Gasteiger partial charge is 0.407 e. The summed E-state index contributed by atoms with van der Waals surface area (Å²) < 4.78 is 97.5. The molecule has 115 heavy (non-hydrogen) atoms. The first-order valence-electron chi connectivity index (χ1n) is 38.4. The molecule has 0 bridgehead atoms. The van der Waals surface area contributed by atoms with Gasteiger partial charge < -0.3 is 123 Å². The molecular weight excluding hydrogens is 1510 g/mol. The van der Waals surface area contributed by atoms with E-state index in [1.54, 1.807) is 170 Å². The normalized spacial score (nSPS) is 27.9. The Kier molecular flexibility index (Phi) is 30.0. The van der Waals surface area contributed by atoms with Crippen molar-refractivity contribution in [2.24, 2.45) is 0 Å². The van der Waals surface area contributed by atoms with E-state index >= 15 is 0 Å². The van der Waals surface area contributed by atoms with Crippen LogP contribution >= 0.6 is 0 Å². The molecule has 20 atom stereocenters. The Morgan fingerprint density at radius 2 is 0.870 bits per heavy atom. The Morgan fingerprint density at radius 1 is 0.443 bits per heavy atom. The number of carbonyl (C=O) groups excluding carboxylic acids is 5. The van der Waals surface area contributed by atoms with Gasteiger partial charge in [0.05, 0.1) is 31.9 Å². The van der Waals surface area contributed by atoms with Crippen molar-refractivity contribution >= 4 is 44.5 Å². The van der Waals surface area contributed by atoms with Gasteiger partial charge in [-0.25, -0.2) is 24.0 Å². The number of carbonyl (C=O) groups is 5. The predicted molar refractivity (Wildman–Crippen MR) is 416 cm³/mol. The van der Waals surface area contributed by atoms with Gasteiger partial charge in [-0.05, 0) is 64.5 Å². The van der Waals surface area contributed by atoms with Gasteiger partial charge in [0.15, 0.2) is 33.5 Å². The highest BCUT2D eigenvalue weighted by Gasteiger charge is 2.59. The second kappa shape index (κ2) is 40.8. The Bertz CT molecular complexity index is 4160. The van der Waals surface area contributed by atoms with E-state index in [0.29, 0.717) is 33.4 Å². The first-order valence-corrected chi connectivity index (χ1v) is 41.4. The van der Waals surface area contributed by atoms with Crippen LogP contribution in [-0.4, -0.2) is 208 Å². The number of hydrogen-bond donors (Lipinski definition) is 10. The first kappa shape index (κ1) is 84.7. The number of amides is 5.